The van der Waals surface area contributed by atoms with Gasteiger partial charge in [0.2, 0.25) is 5.96 Å². The minimum atomic E-state index is -0.536. The summed E-state index contributed by atoms with van der Waals surface area (Å²) in [5, 5.41) is 6.91. The van der Waals surface area contributed by atoms with Crippen LogP contribution in [-0.4, -0.2) is 34.8 Å². The Morgan fingerprint density at radius 3 is 2.66 bits per heavy atom. The number of rotatable bonds is 3. The molecular formula is C24H24ClN5O2. The van der Waals surface area contributed by atoms with Crippen molar-refractivity contribution >= 4 is 40.6 Å². The van der Waals surface area contributed by atoms with E-state index in [1.807, 2.05) is 60.4 Å². The van der Waals surface area contributed by atoms with E-state index in [-0.39, 0.29) is 5.91 Å². The van der Waals surface area contributed by atoms with Crippen LogP contribution in [0, 0.1) is 0 Å². The van der Waals surface area contributed by atoms with Crippen molar-refractivity contribution in [3.8, 4) is 0 Å². The summed E-state index contributed by atoms with van der Waals surface area (Å²) in [5.74, 6) is 0.457. The Labute approximate surface area is 191 Å². The van der Waals surface area contributed by atoms with Crippen molar-refractivity contribution in [2.45, 2.75) is 32.2 Å². The van der Waals surface area contributed by atoms with E-state index in [9.17, 15) is 4.79 Å². The molecule has 0 radical (unpaired) electrons. The van der Waals surface area contributed by atoms with Gasteiger partial charge in [-0.2, -0.15) is 4.98 Å². The first-order valence-electron chi connectivity index (χ1n) is 10.8. The number of guanidine groups is 1. The Morgan fingerprint density at radius 1 is 1.12 bits per heavy atom. The molecule has 8 heteroatoms. The predicted molar refractivity (Wildman–Crippen MR) is 126 cm³/mol. The number of benzene rings is 2. The van der Waals surface area contributed by atoms with Gasteiger partial charge in [-0.05, 0) is 44.4 Å². The van der Waals surface area contributed by atoms with Gasteiger partial charge in [-0.15, -0.1) is 0 Å². The van der Waals surface area contributed by atoms with Gasteiger partial charge in [-0.25, -0.2) is 4.99 Å². The Kier molecular flexibility index (Phi) is 5.57. The number of amides is 1. The van der Waals surface area contributed by atoms with Gasteiger partial charge in [0.05, 0.1) is 5.57 Å². The van der Waals surface area contributed by atoms with Crippen molar-refractivity contribution in [2.24, 2.45) is 4.99 Å². The number of piperidine rings is 1. The molecule has 1 atom stereocenters. The zero-order valence-corrected chi connectivity index (χ0v) is 18.5. The van der Waals surface area contributed by atoms with Gasteiger partial charge in [-0.3, -0.25) is 10.1 Å². The number of aromatic nitrogens is 1. The monoisotopic (exact) mass is 449 g/mol. The zero-order valence-electron chi connectivity index (χ0n) is 17.8. The number of oxazole rings is 1. The molecule has 2 aromatic carbocycles. The van der Waals surface area contributed by atoms with E-state index in [0.717, 1.165) is 49.1 Å². The largest absolute Gasteiger partial charge is 0.423 e. The SMILES string of the molecule is CC1=C(C(=O)N2CCCCC2)C(c2ccccc2Cl)N=C(Nc2nc3ccccc3o2)N1. The van der Waals surface area contributed by atoms with Gasteiger partial charge < -0.3 is 14.6 Å². The van der Waals surface area contributed by atoms with Gasteiger partial charge in [-0.1, -0.05) is 41.9 Å². The number of allylic oxidation sites excluding steroid dienone is 1. The number of hydrogen-bond acceptors (Lipinski definition) is 6. The van der Waals surface area contributed by atoms with Crippen LogP contribution < -0.4 is 10.6 Å². The van der Waals surface area contributed by atoms with Crippen LogP contribution in [0.25, 0.3) is 11.1 Å². The molecule has 7 nitrogen and oxygen atoms in total. The maximum atomic E-state index is 13.5. The van der Waals surface area contributed by atoms with Crippen LogP contribution in [0.4, 0.5) is 6.01 Å². The summed E-state index contributed by atoms with van der Waals surface area (Å²) in [5.41, 5.74) is 3.57. The van der Waals surface area contributed by atoms with E-state index in [4.69, 9.17) is 21.0 Å². The number of hydrogen-bond donors (Lipinski definition) is 2. The number of anilines is 1. The van der Waals surface area contributed by atoms with E-state index in [1.54, 1.807) is 0 Å². The number of nitrogens with one attached hydrogen (secondary N) is 2. The average molecular weight is 450 g/mol. The van der Waals surface area contributed by atoms with Gasteiger partial charge in [0.1, 0.15) is 11.6 Å². The second-order valence-corrected chi connectivity index (χ2v) is 8.44. The van der Waals surface area contributed by atoms with Crippen LogP contribution >= 0.6 is 11.6 Å². The van der Waals surface area contributed by atoms with E-state index in [0.29, 0.717) is 28.2 Å². The van der Waals surface area contributed by atoms with Crippen LogP contribution in [0.1, 0.15) is 37.8 Å². The fourth-order valence-electron chi connectivity index (χ4n) is 4.23. The second kappa shape index (κ2) is 8.67. The van der Waals surface area contributed by atoms with Crippen LogP contribution in [0.5, 0.6) is 0 Å². The number of likely N-dealkylation sites (tertiary alicyclic amines) is 1. The first-order valence-corrected chi connectivity index (χ1v) is 11.2. The molecule has 0 aliphatic carbocycles. The summed E-state index contributed by atoms with van der Waals surface area (Å²) in [6.07, 6.45) is 3.21. The lowest BCUT2D eigenvalue weighted by Crippen LogP contribution is -2.42. The number of halogens is 1. The number of carbonyl (C=O) groups is 1. The quantitative estimate of drug-likeness (QED) is 0.595. The standard InChI is InChI=1S/C24H24ClN5O2/c1-15-20(22(31)30-13-7-2-8-14-30)21(16-9-3-4-10-17(16)25)28-23(26-15)29-24-27-18-11-5-6-12-19(18)32-24/h3-6,9-12,21H,2,7-8,13-14H2,1H3,(H2,26,27,28,29). The number of nitrogens with zero attached hydrogens (tertiary/aromatic N) is 3. The topological polar surface area (TPSA) is 82.8 Å². The Hall–Kier alpha value is -3.32. The Bertz CT molecular complexity index is 1190. The average Bonchev–Trinajstić information content (AvgIpc) is 3.21. The molecule has 0 bridgehead atoms. The lowest BCUT2D eigenvalue weighted by molar-refractivity contribution is -0.128. The molecule has 2 aliphatic rings. The number of para-hydroxylation sites is 2. The van der Waals surface area contributed by atoms with Crippen molar-refractivity contribution in [2.75, 3.05) is 18.4 Å². The second-order valence-electron chi connectivity index (χ2n) is 8.03. The molecular weight excluding hydrogens is 426 g/mol. The first kappa shape index (κ1) is 20.6. The third-order valence-electron chi connectivity index (χ3n) is 5.83. The van der Waals surface area contributed by atoms with Crippen LogP contribution in [-0.2, 0) is 4.79 Å². The molecule has 5 rings (SSSR count). The molecule has 0 spiro atoms. The highest BCUT2D eigenvalue weighted by atomic mass is 35.5. The fourth-order valence-corrected chi connectivity index (χ4v) is 4.47. The van der Waals surface area contributed by atoms with Crippen molar-refractivity contribution in [1.29, 1.82) is 0 Å². The van der Waals surface area contributed by atoms with Crippen molar-refractivity contribution in [1.82, 2.24) is 15.2 Å². The smallest absolute Gasteiger partial charge is 0.302 e. The Balaban J connectivity index is 1.50. The zero-order chi connectivity index (χ0) is 22.1. The van der Waals surface area contributed by atoms with Crippen molar-refractivity contribution in [3.05, 3.63) is 70.4 Å². The van der Waals surface area contributed by atoms with Crippen molar-refractivity contribution in [3.63, 3.8) is 0 Å². The van der Waals surface area contributed by atoms with E-state index >= 15 is 0 Å². The van der Waals surface area contributed by atoms with Gasteiger partial charge >= 0.3 is 6.01 Å². The summed E-state index contributed by atoms with van der Waals surface area (Å²) < 4.78 is 5.78. The minimum Gasteiger partial charge on any atom is -0.423 e. The minimum absolute atomic E-state index is 0.00396. The van der Waals surface area contributed by atoms with Crippen molar-refractivity contribution < 1.29 is 9.21 Å². The van der Waals surface area contributed by atoms with Gasteiger partial charge in [0, 0.05) is 29.4 Å². The lowest BCUT2D eigenvalue weighted by atomic mass is 9.94. The lowest BCUT2D eigenvalue weighted by Gasteiger charge is -2.32. The molecule has 2 N–H and O–H groups in total. The van der Waals surface area contributed by atoms with E-state index in [2.05, 4.69) is 15.6 Å². The molecule has 1 unspecified atom stereocenters. The predicted octanol–water partition coefficient (Wildman–Crippen LogP) is 4.88. The molecule has 1 fully saturated rings. The molecule has 1 saturated heterocycles. The summed E-state index contributed by atoms with van der Waals surface area (Å²) in [6.45, 7) is 3.43. The maximum absolute atomic E-state index is 13.5. The highest BCUT2D eigenvalue weighted by Crippen LogP contribution is 2.36. The summed E-state index contributed by atoms with van der Waals surface area (Å²) in [6, 6.07) is 14.8. The van der Waals surface area contributed by atoms with Crippen LogP contribution in [0.15, 0.2) is 69.2 Å². The summed E-state index contributed by atoms with van der Waals surface area (Å²) in [7, 11) is 0. The third-order valence-corrected chi connectivity index (χ3v) is 6.18. The van der Waals surface area contributed by atoms with Gasteiger partial charge in [0.15, 0.2) is 5.58 Å². The molecule has 1 amide bonds. The molecule has 3 heterocycles. The summed E-state index contributed by atoms with van der Waals surface area (Å²) >= 11 is 6.53. The molecule has 164 valence electrons. The normalized spacial score (nSPS) is 19.0. The number of aliphatic imine (C=N–C) groups is 1. The fraction of sp³-hybridized carbons (Fsp3) is 0.292. The van der Waals surface area contributed by atoms with E-state index < -0.39 is 6.04 Å². The van der Waals surface area contributed by atoms with Crippen LogP contribution in [0.2, 0.25) is 5.02 Å². The molecule has 3 aromatic rings. The number of fused-ring (bicyclic) bond motifs is 1. The summed E-state index contributed by atoms with van der Waals surface area (Å²) in [4.78, 5) is 24.7. The maximum Gasteiger partial charge on any atom is 0.302 e. The van der Waals surface area contributed by atoms with Gasteiger partial charge in [0.25, 0.3) is 5.91 Å². The third kappa shape index (κ3) is 3.96. The molecule has 1 aromatic heterocycles. The van der Waals surface area contributed by atoms with E-state index in [1.165, 1.54) is 0 Å². The Morgan fingerprint density at radius 2 is 1.88 bits per heavy atom. The van der Waals surface area contributed by atoms with Crippen LogP contribution in [0.3, 0.4) is 0 Å². The molecule has 2 aliphatic heterocycles. The first-order chi connectivity index (χ1) is 15.6. The highest BCUT2D eigenvalue weighted by Gasteiger charge is 2.33. The molecule has 32 heavy (non-hydrogen) atoms. The molecule has 0 saturated carbocycles. The highest BCUT2D eigenvalue weighted by molar-refractivity contribution is 6.31. The number of carbonyl (C=O) groups excluding carboxylic acids is 1.